The molecular formula is C18H12F3N7O2. The Morgan fingerprint density at radius 2 is 1.87 bits per heavy atom. The van der Waals surface area contributed by atoms with Crippen LogP contribution in [0.2, 0.25) is 0 Å². The van der Waals surface area contributed by atoms with Crippen molar-refractivity contribution in [3.05, 3.63) is 66.1 Å². The number of H-pyrrole nitrogens is 1. The van der Waals surface area contributed by atoms with Crippen LogP contribution in [-0.2, 0) is 12.7 Å². The van der Waals surface area contributed by atoms with Gasteiger partial charge in [-0.3, -0.25) is 14.9 Å². The van der Waals surface area contributed by atoms with Crippen LogP contribution in [0.15, 0.2) is 53.3 Å². The minimum atomic E-state index is -4.74. The van der Waals surface area contributed by atoms with Crippen LogP contribution < -0.4 is 5.32 Å². The molecular weight excluding hydrogens is 403 g/mol. The van der Waals surface area contributed by atoms with Crippen molar-refractivity contribution in [1.29, 1.82) is 0 Å². The highest BCUT2D eigenvalue weighted by Crippen LogP contribution is 2.29. The monoisotopic (exact) mass is 415 g/mol. The number of amides is 1. The number of pyridine rings is 1. The molecule has 0 bridgehead atoms. The predicted octanol–water partition coefficient (Wildman–Crippen LogP) is 2.87. The number of rotatable bonds is 5. The number of hydrogen-bond acceptors (Lipinski definition) is 7. The van der Waals surface area contributed by atoms with Gasteiger partial charge in [0, 0.05) is 29.1 Å². The first-order chi connectivity index (χ1) is 14.4. The van der Waals surface area contributed by atoms with Crippen molar-refractivity contribution in [3.63, 3.8) is 0 Å². The van der Waals surface area contributed by atoms with Crippen molar-refractivity contribution in [2.45, 2.75) is 12.7 Å². The van der Waals surface area contributed by atoms with Crippen molar-refractivity contribution in [1.82, 2.24) is 35.6 Å². The maximum absolute atomic E-state index is 12.6. The third-order valence-electron chi connectivity index (χ3n) is 3.94. The molecule has 1 amide bonds. The molecule has 1 aromatic carbocycles. The molecule has 2 N–H and O–H groups in total. The summed E-state index contributed by atoms with van der Waals surface area (Å²) in [6.07, 6.45) is -1.52. The first-order valence-corrected chi connectivity index (χ1v) is 8.51. The molecule has 0 saturated heterocycles. The van der Waals surface area contributed by atoms with E-state index in [4.69, 9.17) is 0 Å². The summed E-state index contributed by atoms with van der Waals surface area (Å²) in [5.74, 6) is -1.30. The van der Waals surface area contributed by atoms with Crippen molar-refractivity contribution >= 4 is 5.91 Å². The molecule has 3 heterocycles. The van der Waals surface area contributed by atoms with E-state index in [1.807, 2.05) is 0 Å². The largest absolute Gasteiger partial charge is 0.471 e. The van der Waals surface area contributed by atoms with Crippen molar-refractivity contribution in [2.75, 3.05) is 0 Å². The highest BCUT2D eigenvalue weighted by atomic mass is 19.4. The van der Waals surface area contributed by atoms with Gasteiger partial charge in [-0.2, -0.15) is 23.3 Å². The Morgan fingerprint density at radius 3 is 2.60 bits per heavy atom. The molecule has 4 rings (SSSR count). The number of aromatic amines is 1. The number of nitrogens with zero attached hydrogens (tertiary/aromatic N) is 5. The van der Waals surface area contributed by atoms with E-state index in [2.05, 4.69) is 40.1 Å². The zero-order chi connectivity index (χ0) is 21.1. The van der Waals surface area contributed by atoms with Crippen LogP contribution in [0.5, 0.6) is 0 Å². The highest BCUT2D eigenvalue weighted by molar-refractivity contribution is 5.95. The van der Waals surface area contributed by atoms with Gasteiger partial charge in [0.15, 0.2) is 5.82 Å². The Balaban J connectivity index is 1.44. The van der Waals surface area contributed by atoms with Gasteiger partial charge in [0.1, 0.15) is 5.82 Å². The Labute approximate surface area is 166 Å². The van der Waals surface area contributed by atoms with Gasteiger partial charge >= 0.3 is 12.1 Å². The van der Waals surface area contributed by atoms with E-state index in [1.54, 1.807) is 24.5 Å². The topological polar surface area (TPSA) is 122 Å². The maximum atomic E-state index is 12.6. The standard InChI is InChI=1S/C18H12F3N7O2/c19-18(20,21)17-25-15(28-30-17)11-2-1-3-12(8-11)16(29)23-9-13-24-14(27-26-13)10-4-6-22-7-5-10/h1-8H,9H2,(H,23,29)(H,24,26,27). The Kier molecular flexibility index (Phi) is 4.96. The third kappa shape index (κ3) is 4.16. The molecule has 4 aromatic rings. The summed E-state index contributed by atoms with van der Waals surface area (Å²) in [6, 6.07) is 9.34. The van der Waals surface area contributed by atoms with Crippen molar-refractivity contribution < 1.29 is 22.5 Å². The minimum Gasteiger partial charge on any atom is -0.345 e. The zero-order valence-electron chi connectivity index (χ0n) is 15.0. The van der Waals surface area contributed by atoms with Gasteiger partial charge in [0.05, 0.1) is 6.54 Å². The number of alkyl halides is 3. The summed E-state index contributed by atoms with van der Waals surface area (Å²) >= 11 is 0. The van der Waals surface area contributed by atoms with Crippen molar-refractivity contribution in [2.24, 2.45) is 0 Å². The lowest BCUT2D eigenvalue weighted by molar-refractivity contribution is -0.159. The van der Waals surface area contributed by atoms with E-state index in [0.717, 1.165) is 5.56 Å². The van der Waals surface area contributed by atoms with Gasteiger partial charge < -0.3 is 9.84 Å². The lowest BCUT2D eigenvalue weighted by Gasteiger charge is -2.04. The molecule has 0 spiro atoms. The molecule has 0 radical (unpaired) electrons. The molecule has 0 aliphatic rings. The van der Waals surface area contributed by atoms with Crippen LogP contribution in [0.4, 0.5) is 13.2 Å². The lowest BCUT2D eigenvalue weighted by atomic mass is 10.1. The predicted molar refractivity (Wildman–Crippen MR) is 95.5 cm³/mol. The molecule has 12 heteroatoms. The number of aromatic nitrogens is 6. The molecule has 0 atom stereocenters. The second-order valence-electron chi connectivity index (χ2n) is 6.03. The first-order valence-electron chi connectivity index (χ1n) is 8.51. The average Bonchev–Trinajstić information content (AvgIpc) is 3.43. The third-order valence-corrected chi connectivity index (χ3v) is 3.94. The number of carbonyl (C=O) groups is 1. The lowest BCUT2D eigenvalue weighted by Crippen LogP contribution is -2.23. The number of benzene rings is 1. The molecule has 30 heavy (non-hydrogen) atoms. The maximum Gasteiger partial charge on any atom is 0.471 e. The first kappa shape index (κ1) is 19.2. The van der Waals surface area contributed by atoms with E-state index in [9.17, 15) is 18.0 Å². The van der Waals surface area contributed by atoms with Gasteiger partial charge in [-0.25, -0.2) is 4.98 Å². The second-order valence-corrected chi connectivity index (χ2v) is 6.03. The fraction of sp³-hybridized carbons (Fsp3) is 0.111. The van der Waals surface area contributed by atoms with E-state index in [1.165, 1.54) is 24.3 Å². The number of hydrogen-bond donors (Lipinski definition) is 2. The molecule has 0 aliphatic heterocycles. The molecule has 0 unspecified atom stereocenters. The summed E-state index contributed by atoms with van der Waals surface area (Å²) in [5, 5.41) is 12.8. The van der Waals surface area contributed by atoms with E-state index < -0.39 is 18.0 Å². The van der Waals surface area contributed by atoms with E-state index >= 15 is 0 Å². The normalized spacial score (nSPS) is 11.4. The molecule has 0 saturated carbocycles. The van der Waals surface area contributed by atoms with Gasteiger partial charge in [0.25, 0.3) is 5.91 Å². The van der Waals surface area contributed by atoms with E-state index in [0.29, 0.717) is 11.6 Å². The van der Waals surface area contributed by atoms with Crippen LogP contribution in [0.3, 0.4) is 0 Å². The molecule has 0 aliphatic carbocycles. The van der Waals surface area contributed by atoms with Crippen LogP contribution in [0, 0.1) is 0 Å². The SMILES string of the molecule is O=C(NCc1nc(-c2ccncc2)n[nH]1)c1cccc(-c2noc(C(F)(F)F)n2)c1. The number of carbonyl (C=O) groups excluding carboxylic acids is 1. The van der Waals surface area contributed by atoms with Crippen LogP contribution in [0.25, 0.3) is 22.8 Å². The average molecular weight is 415 g/mol. The second kappa shape index (κ2) is 7.73. The molecule has 9 nitrogen and oxygen atoms in total. The fourth-order valence-corrected chi connectivity index (χ4v) is 2.53. The van der Waals surface area contributed by atoms with Gasteiger partial charge in [-0.15, -0.1) is 0 Å². The van der Waals surface area contributed by atoms with Gasteiger partial charge in [-0.05, 0) is 24.3 Å². The summed E-state index contributed by atoms with van der Waals surface area (Å²) in [6.45, 7) is 0.0710. The summed E-state index contributed by atoms with van der Waals surface area (Å²) in [7, 11) is 0. The minimum absolute atomic E-state index is 0.0710. The molecule has 152 valence electrons. The summed E-state index contributed by atoms with van der Waals surface area (Å²) in [4.78, 5) is 23.9. The number of halogens is 3. The van der Waals surface area contributed by atoms with Gasteiger partial charge in [0.2, 0.25) is 5.82 Å². The Bertz CT molecular complexity index is 1170. The zero-order valence-corrected chi connectivity index (χ0v) is 15.0. The van der Waals surface area contributed by atoms with Crippen LogP contribution >= 0.6 is 0 Å². The Morgan fingerprint density at radius 1 is 1.07 bits per heavy atom. The smallest absolute Gasteiger partial charge is 0.345 e. The quantitative estimate of drug-likeness (QED) is 0.514. The van der Waals surface area contributed by atoms with Gasteiger partial charge in [-0.1, -0.05) is 17.3 Å². The van der Waals surface area contributed by atoms with Crippen LogP contribution in [-0.4, -0.2) is 36.2 Å². The molecule has 0 fully saturated rings. The number of nitrogens with one attached hydrogen (secondary N) is 2. The summed E-state index contributed by atoms with van der Waals surface area (Å²) < 4.78 is 42.1. The van der Waals surface area contributed by atoms with Crippen molar-refractivity contribution in [3.8, 4) is 22.8 Å². The molecule has 3 aromatic heterocycles. The summed E-state index contributed by atoms with van der Waals surface area (Å²) in [5.41, 5.74) is 1.19. The van der Waals surface area contributed by atoms with Crippen LogP contribution in [0.1, 0.15) is 22.1 Å². The Hall–Kier alpha value is -4.09. The van der Waals surface area contributed by atoms with E-state index in [-0.39, 0.29) is 23.5 Å². The fourth-order valence-electron chi connectivity index (χ4n) is 2.53. The highest BCUT2D eigenvalue weighted by Gasteiger charge is 2.38.